The van der Waals surface area contributed by atoms with Crippen LogP contribution < -0.4 is 5.32 Å². The van der Waals surface area contributed by atoms with Gasteiger partial charge in [0.25, 0.3) is 0 Å². The third-order valence-electron chi connectivity index (χ3n) is 3.18. The standard InChI is InChI=1S/C13H17N3/c1-10-4-5-16-12(9-15-13(16)6-10)8-14-7-11-2-3-11/h4-6,9,11,14H,2-3,7-8H2,1H3. The molecule has 1 N–H and O–H groups in total. The fraction of sp³-hybridized carbons (Fsp3) is 0.462. The van der Waals surface area contributed by atoms with Crippen LogP contribution in [-0.4, -0.2) is 15.9 Å². The Morgan fingerprint density at radius 1 is 1.50 bits per heavy atom. The van der Waals surface area contributed by atoms with Crippen molar-refractivity contribution in [2.45, 2.75) is 26.3 Å². The van der Waals surface area contributed by atoms with Gasteiger partial charge in [0.15, 0.2) is 0 Å². The molecule has 16 heavy (non-hydrogen) atoms. The van der Waals surface area contributed by atoms with Crippen molar-refractivity contribution in [2.24, 2.45) is 5.92 Å². The fourth-order valence-electron chi connectivity index (χ4n) is 1.99. The number of pyridine rings is 1. The van der Waals surface area contributed by atoms with Gasteiger partial charge in [0.2, 0.25) is 0 Å². The molecule has 0 spiro atoms. The molecule has 1 fully saturated rings. The van der Waals surface area contributed by atoms with Gasteiger partial charge < -0.3 is 9.72 Å². The van der Waals surface area contributed by atoms with E-state index in [-0.39, 0.29) is 0 Å². The lowest BCUT2D eigenvalue weighted by Crippen LogP contribution is -2.17. The average molecular weight is 215 g/mol. The number of rotatable bonds is 4. The highest BCUT2D eigenvalue weighted by atomic mass is 15.0. The third kappa shape index (κ3) is 1.95. The van der Waals surface area contributed by atoms with Gasteiger partial charge in [0.05, 0.1) is 11.9 Å². The van der Waals surface area contributed by atoms with Crippen LogP contribution in [0.1, 0.15) is 24.1 Å². The first-order valence-electron chi connectivity index (χ1n) is 5.96. The van der Waals surface area contributed by atoms with E-state index in [1.165, 1.54) is 24.1 Å². The molecule has 3 rings (SSSR count). The van der Waals surface area contributed by atoms with E-state index in [0.717, 1.165) is 24.7 Å². The molecule has 2 aromatic heterocycles. The van der Waals surface area contributed by atoms with Crippen molar-refractivity contribution in [1.29, 1.82) is 0 Å². The van der Waals surface area contributed by atoms with E-state index in [0.29, 0.717) is 0 Å². The second kappa shape index (κ2) is 3.91. The minimum atomic E-state index is 0.917. The SMILES string of the molecule is Cc1ccn2c(CNCC3CC3)cnc2c1. The normalized spacial score (nSPS) is 15.8. The molecule has 2 aromatic rings. The highest BCUT2D eigenvalue weighted by Crippen LogP contribution is 2.27. The summed E-state index contributed by atoms with van der Waals surface area (Å²) in [6.45, 7) is 4.17. The first-order valence-corrected chi connectivity index (χ1v) is 5.96. The first kappa shape index (κ1) is 9.85. The number of aryl methyl sites for hydroxylation is 1. The lowest BCUT2D eigenvalue weighted by Gasteiger charge is -2.04. The number of hydrogen-bond donors (Lipinski definition) is 1. The molecule has 0 radical (unpaired) electrons. The van der Waals surface area contributed by atoms with Crippen LogP contribution in [0.25, 0.3) is 5.65 Å². The maximum Gasteiger partial charge on any atom is 0.137 e. The molecule has 0 unspecified atom stereocenters. The molecule has 0 atom stereocenters. The van der Waals surface area contributed by atoms with E-state index in [2.05, 4.69) is 40.0 Å². The molecule has 0 bridgehead atoms. The van der Waals surface area contributed by atoms with Crippen molar-refractivity contribution in [2.75, 3.05) is 6.54 Å². The minimum Gasteiger partial charge on any atom is -0.311 e. The van der Waals surface area contributed by atoms with Gasteiger partial charge in [-0.3, -0.25) is 0 Å². The third-order valence-corrected chi connectivity index (χ3v) is 3.18. The summed E-state index contributed by atoms with van der Waals surface area (Å²) in [6.07, 6.45) is 6.87. The van der Waals surface area contributed by atoms with Crippen LogP contribution >= 0.6 is 0 Å². The summed E-state index contributed by atoms with van der Waals surface area (Å²) in [7, 11) is 0. The first-order chi connectivity index (χ1) is 7.83. The molecule has 3 heteroatoms. The second-order valence-corrected chi connectivity index (χ2v) is 4.76. The van der Waals surface area contributed by atoms with E-state index in [4.69, 9.17) is 0 Å². The summed E-state index contributed by atoms with van der Waals surface area (Å²) >= 11 is 0. The summed E-state index contributed by atoms with van der Waals surface area (Å²) in [6, 6.07) is 4.24. The van der Waals surface area contributed by atoms with Gasteiger partial charge in [-0.2, -0.15) is 0 Å². The van der Waals surface area contributed by atoms with Crippen molar-refractivity contribution in [3.8, 4) is 0 Å². The quantitative estimate of drug-likeness (QED) is 0.846. The van der Waals surface area contributed by atoms with Crippen molar-refractivity contribution >= 4 is 5.65 Å². The maximum atomic E-state index is 4.42. The van der Waals surface area contributed by atoms with E-state index < -0.39 is 0 Å². The predicted molar refractivity (Wildman–Crippen MR) is 64.4 cm³/mol. The van der Waals surface area contributed by atoms with E-state index >= 15 is 0 Å². The molecule has 1 aliphatic rings. The molecule has 0 aromatic carbocycles. The molecule has 0 aliphatic heterocycles. The lowest BCUT2D eigenvalue weighted by molar-refractivity contribution is 0.627. The van der Waals surface area contributed by atoms with Crippen molar-refractivity contribution in [3.63, 3.8) is 0 Å². The van der Waals surface area contributed by atoms with Crippen molar-refractivity contribution in [1.82, 2.24) is 14.7 Å². The molecule has 3 nitrogen and oxygen atoms in total. The Morgan fingerprint density at radius 3 is 3.19 bits per heavy atom. The number of aromatic nitrogens is 2. The summed E-state index contributed by atoms with van der Waals surface area (Å²) in [5.74, 6) is 0.932. The molecule has 0 saturated heterocycles. The molecule has 1 aliphatic carbocycles. The Morgan fingerprint density at radius 2 is 2.38 bits per heavy atom. The van der Waals surface area contributed by atoms with E-state index in [9.17, 15) is 0 Å². The molecule has 0 amide bonds. The Kier molecular flexibility index (Phi) is 2.40. The van der Waals surface area contributed by atoms with Gasteiger partial charge >= 0.3 is 0 Å². The zero-order valence-corrected chi connectivity index (χ0v) is 9.61. The lowest BCUT2D eigenvalue weighted by atomic mass is 10.3. The smallest absolute Gasteiger partial charge is 0.137 e. The van der Waals surface area contributed by atoms with Gasteiger partial charge in [-0.05, 0) is 49.9 Å². The van der Waals surface area contributed by atoms with Crippen LogP contribution in [0.5, 0.6) is 0 Å². The largest absolute Gasteiger partial charge is 0.311 e. The topological polar surface area (TPSA) is 29.3 Å². The van der Waals surface area contributed by atoms with Crippen molar-refractivity contribution in [3.05, 3.63) is 35.8 Å². The Hall–Kier alpha value is -1.35. The molecule has 84 valence electrons. The van der Waals surface area contributed by atoms with Crippen molar-refractivity contribution < 1.29 is 0 Å². The van der Waals surface area contributed by atoms with Gasteiger partial charge in [-0.15, -0.1) is 0 Å². The van der Waals surface area contributed by atoms with Gasteiger partial charge in [0, 0.05) is 12.7 Å². The van der Waals surface area contributed by atoms with Crippen LogP contribution in [0, 0.1) is 12.8 Å². The number of nitrogens with zero attached hydrogens (tertiary/aromatic N) is 2. The summed E-state index contributed by atoms with van der Waals surface area (Å²) < 4.78 is 2.16. The molecular formula is C13H17N3. The van der Waals surface area contributed by atoms with E-state index in [1.807, 2.05) is 6.20 Å². The number of fused-ring (bicyclic) bond motifs is 1. The summed E-state index contributed by atoms with van der Waals surface area (Å²) in [5.41, 5.74) is 3.55. The molecular weight excluding hydrogens is 198 g/mol. The summed E-state index contributed by atoms with van der Waals surface area (Å²) in [5, 5.41) is 3.50. The number of hydrogen-bond acceptors (Lipinski definition) is 2. The van der Waals surface area contributed by atoms with Gasteiger partial charge in [0.1, 0.15) is 5.65 Å². The molecule has 2 heterocycles. The van der Waals surface area contributed by atoms with Crippen LogP contribution in [0.2, 0.25) is 0 Å². The highest BCUT2D eigenvalue weighted by Gasteiger charge is 2.20. The number of imidazole rings is 1. The van der Waals surface area contributed by atoms with Crippen LogP contribution in [0.3, 0.4) is 0 Å². The zero-order chi connectivity index (χ0) is 11.0. The monoisotopic (exact) mass is 215 g/mol. The fourth-order valence-corrected chi connectivity index (χ4v) is 1.99. The second-order valence-electron chi connectivity index (χ2n) is 4.76. The predicted octanol–water partition coefficient (Wildman–Crippen LogP) is 2.14. The Bertz CT molecular complexity index is 497. The zero-order valence-electron chi connectivity index (χ0n) is 9.61. The van der Waals surface area contributed by atoms with Gasteiger partial charge in [-0.25, -0.2) is 4.98 Å². The molecule has 1 saturated carbocycles. The van der Waals surface area contributed by atoms with Crippen LogP contribution in [-0.2, 0) is 6.54 Å². The minimum absolute atomic E-state index is 0.917. The van der Waals surface area contributed by atoms with Gasteiger partial charge in [-0.1, -0.05) is 0 Å². The van der Waals surface area contributed by atoms with Crippen LogP contribution in [0.4, 0.5) is 0 Å². The maximum absolute atomic E-state index is 4.42. The Labute approximate surface area is 95.5 Å². The Balaban J connectivity index is 1.75. The average Bonchev–Trinajstić information content (AvgIpc) is 3.00. The number of nitrogens with one attached hydrogen (secondary N) is 1. The highest BCUT2D eigenvalue weighted by molar-refractivity contribution is 5.42. The summed E-state index contributed by atoms with van der Waals surface area (Å²) in [4.78, 5) is 4.42. The van der Waals surface area contributed by atoms with E-state index in [1.54, 1.807) is 0 Å². The van der Waals surface area contributed by atoms with Crippen LogP contribution in [0.15, 0.2) is 24.5 Å².